The van der Waals surface area contributed by atoms with Gasteiger partial charge in [-0.1, -0.05) is 176 Å². The van der Waals surface area contributed by atoms with Gasteiger partial charge in [0.15, 0.2) is 0 Å². The molecule has 0 radical (unpaired) electrons. The normalized spacial score (nSPS) is 12.8. The van der Waals surface area contributed by atoms with Crippen molar-refractivity contribution in [2.24, 2.45) is 0 Å². The van der Waals surface area contributed by atoms with Crippen LogP contribution in [0.3, 0.4) is 0 Å². The van der Waals surface area contributed by atoms with Crippen LogP contribution in [0.2, 0.25) is 0 Å². The number of unbranched alkanes of at least 4 members (excludes halogenated alkanes) is 10. The van der Waals surface area contributed by atoms with E-state index >= 15 is 0 Å². The van der Waals surface area contributed by atoms with Gasteiger partial charge in [-0.3, -0.25) is 0 Å². The van der Waals surface area contributed by atoms with Crippen LogP contribution in [0.25, 0.3) is 21.5 Å². The van der Waals surface area contributed by atoms with Crippen LogP contribution >= 0.6 is 0 Å². The first-order valence-corrected chi connectivity index (χ1v) is 22.1. The minimum absolute atomic E-state index is 0.0835. The Bertz CT molecular complexity index is 2090. The summed E-state index contributed by atoms with van der Waals surface area (Å²) < 4.78 is 0. The van der Waals surface area contributed by atoms with Crippen LogP contribution in [0, 0.1) is 0 Å². The SMILES string of the molecule is CCCCCCCCC1(CCCCCCCC)c2cc(N(c3ccccc3)c3ccccc3)cc3ccc4cc(N(c5ccccc5)c5ccccc5)cc1c4c23. The van der Waals surface area contributed by atoms with Gasteiger partial charge in [0.05, 0.1) is 0 Å². The smallest absolute Gasteiger partial charge is 0.0471 e. The lowest BCUT2D eigenvalue weighted by Gasteiger charge is -2.35. The first-order chi connectivity index (χ1) is 28.2. The number of para-hydroxylation sites is 4. The monoisotopic (exact) mass is 748 g/mol. The zero-order valence-corrected chi connectivity index (χ0v) is 34.3. The quantitative estimate of drug-likeness (QED) is 0.0566. The molecule has 2 nitrogen and oxygen atoms in total. The molecule has 0 unspecified atom stereocenters. The third-order valence-electron chi connectivity index (χ3n) is 12.5. The van der Waals surface area contributed by atoms with Crippen molar-refractivity contribution in [1.29, 1.82) is 0 Å². The fraction of sp³-hybridized carbons (Fsp3) is 0.309. The summed E-state index contributed by atoms with van der Waals surface area (Å²) in [6, 6.07) is 58.8. The molecule has 8 rings (SSSR count). The first kappa shape index (κ1) is 38.5. The van der Waals surface area contributed by atoms with Crippen molar-refractivity contribution < 1.29 is 0 Å². The van der Waals surface area contributed by atoms with Gasteiger partial charge in [0.2, 0.25) is 0 Å². The molecule has 0 aliphatic heterocycles. The summed E-state index contributed by atoms with van der Waals surface area (Å²) >= 11 is 0. The molecule has 290 valence electrons. The van der Waals surface area contributed by atoms with Crippen molar-refractivity contribution in [3.63, 3.8) is 0 Å². The van der Waals surface area contributed by atoms with Gasteiger partial charge in [0.25, 0.3) is 0 Å². The second-order valence-electron chi connectivity index (χ2n) is 16.4. The molecule has 0 aromatic heterocycles. The molecule has 7 aromatic rings. The van der Waals surface area contributed by atoms with Gasteiger partial charge in [0.1, 0.15) is 0 Å². The van der Waals surface area contributed by atoms with Gasteiger partial charge in [-0.2, -0.15) is 0 Å². The predicted molar refractivity (Wildman–Crippen MR) is 248 cm³/mol. The standard InChI is InChI=1S/C55H60N2/c1-3-5-7-9-11-25-37-55(38-26-12-10-8-6-4-2)51-41-49(56(45-27-17-13-18-28-45)46-29-19-14-20-30-46)39-43-35-36-44-40-50(42-52(55)54(44)53(43)51)57(47-31-21-15-22-32-47)48-33-23-16-24-34-48/h13-24,27-36,39-42H,3-12,25-26,37-38H2,1-2H3. The third-order valence-corrected chi connectivity index (χ3v) is 12.5. The molecule has 0 N–H and O–H groups in total. The highest BCUT2D eigenvalue weighted by atomic mass is 15.1. The molecule has 2 heteroatoms. The number of rotatable bonds is 20. The molecular weight excluding hydrogens is 689 g/mol. The zero-order valence-electron chi connectivity index (χ0n) is 34.3. The largest absolute Gasteiger partial charge is 0.310 e. The Morgan fingerprint density at radius 2 is 0.649 bits per heavy atom. The maximum Gasteiger partial charge on any atom is 0.0471 e. The average Bonchev–Trinajstić information content (AvgIpc) is 3.53. The Morgan fingerprint density at radius 3 is 0.982 bits per heavy atom. The average molecular weight is 749 g/mol. The molecule has 57 heavy (non-hydrogen) atoms. The topological polar surface area (TPSA) is 6.48 Å². The van der Waals surface area contributed by atoms with E-state index in [4.69, 9.17) is 0 Å². The Balaban J connectivity index is 1.33. The van der Waals surface area contributed by atoms with E-state index in [1.165, 1.54) is 157 Å². The van der Waals surface area contributed by atoms with Crippen LogP contribution in [-0.2, 0) is 5.41 Å². The van der Waals surface area contributed by atoms with Crippen LogP contribution in [-0.4, -0.2) is 0 Å². The van der Waals surface area contributed by atoms with Gasteiger partial charge in [0, 0.05) is 39.5 Å². The molecule has 0 saturated heterocycles. The fourth-order valence-electron chi connectivity index (χ4n) is 9.74. The van der Waals surface area contributed by atoms with Crippen LogP contribution in [0.5, 0.6) is 0 Å². The second kappa shape index (κ2) is 18.3. The van der Waals surface area contributed by atoms with Crippen molar-refractivity contribution >= 4 is 55.7 Å². The molecule has 1 aliphatic rings. The molecule has 0 fully saturated rings. The molecule has 1 aliphatic carbocycles. The Labute approximate surface area is 342 Å². The van der Waals surface area contributed by atoms with Gasteiger partial charge >= 0.3 is 0 Å². The molecule has 0 atom stereocenters. The van der Waals surface area contributed by atoms with E-state index in [1.54, 1.807) is 0 Å². The molecule has 0 amide bonds. The van der Waals surface area contributed by atoms with E-state index in [1.807, 2.05) is 0 Å². The zero-order chi connectivity index (χ0) is 38.9. The Hall–Kier alpha value is -5.34. The number of anilines is 6. The van der Waals surface area contributed by atoms with Gasteiger partial charge in [-0.25, -0.2) is 0 Å². The van der Waals surface area contributed by atoms with Crippen LogP contribution in [0.15, 0.2) is 158 Å². The van der Waals surface area contributed by atoms with E-state index < -0.39 is 0 Å². The second-order valence-corrected chi connectivity index (χ2v) is 16.4. The fourth-order valence-corrected chi connectivity index (χ4v) is 9.74. The van der Waals surface area contributed by atoms with Crippen molar-refractivity contribution in [1.82, 2.24) is 0 Å². The van der Waals surface area contributed by atoms with Gasteiger partial charge < -0.3 is 9.80 Å². The van der Waals surface area contributed by atoms with Crippen LogP contribution in [0.1, 0.15) is 115 Å². The summed E-state index contributed by atoms with van der Waals surface area (Å²) in [5, 5.41) is 5.64. The van der Waals surface area contributed by atoms with Crippen molar-refractivity contribution in [3.8, 4) is 0 Å². The van der Waals surface area contributed by atoms with Gasteiger partial charge in [-0.05, 0) is 118 Å². The highest BCUT2D eigenvalue weighted by molar-refractivity contribution is 6.17. The number of benzene rings is 7. The summed E-state index contributed by atoms with van der Waals surface area (Å²) in [7, 11) is 0. The summed E-state index contributed by atoms with van der Waals surface area (Å²) in [6.07, 6.45) is 18.0. The lowest BCUT2D eigenvalue weighted by molar-refractivity contribution is 0.399. The maximum atomic E-state index is 2.61. The van der Waals surface area contributed by atoms with Gasteiger partial charge in [-0.15, -0.1) is 0 Å². The third kappa shape index (κ3) is 8.10. The first-order valence-electron chi connectivity index (χ1n) is 22.1. The maximum absolute atomic E-state index is 2.61. The molecule has 0 heterocycles. The Morgan fingerprint density at radius 1 is 0.333 bits per heavy atom. The molecule has 0 bridgehead atoms. The van der Waals surface area contributed by atoms with Crippen molar-refractivity contribution in [2.45, 2.75) is 109 Å². The molecular formula is C55H60N2. The van der Waals surface area contributed by atoms with E-state index in [0.717, 1.165) is 0 Å². The van der Waals surface area contributed by atoms with Crippen molar-refractivity contribution in [2.75, 3.05) is 9.80 Å². The lowest BCUT2D eigenvalue weighted by Crippen LogP contribution is -2.26. The van der Waals surface area contributed by atoms with Crippen LogP contribution < -0.4 is 9.80 Å². The number of hydrogen-bond donors (Lipinski definition) is 0. The molecule has 7 aromatic carbocycles. The van der Waals surface area contributed by atoms with E-state index in [9.17, 15) is 0 Å². The van der Waals surface area contributed by atoms with Crippen molar-refractivity contribution in [3.05, 3.63) is 169 Å². The highest BCUT2D eigenvalue weighted by Crippen LogP contribution is 2.57. The predicted octanol–water partition coefficient (Wildman–Crippen LogP) is 17.0. The molecule has 0 saturated carbocycles. The molecule has 0 spiro atoms. The Kier molecular flexibility index (Phi) is 12.4. The summed E-state index contributed by atoms with van der Waals surface area (Å²) in [6.45, 7) is 4.65. The van der Waals surface area contributed by atoms with E-state index in [2.05, 4.69) is 181 Å². The summed E-state index contributed by atoms with van der Waals surface area (Å²) in [5.41, 5.74) is 10.2. The number of nitrogens with zero attached hydrogens (tertiary/aromatic N) is 2. The minimum atomic E-state index is -0.0835. The summed E-state index contributed by atoms with van der Waals surface area (Å²) in [4.78, 5) is 4.95. The number of hydrogen-bond acceptors (Lipinski definition) is 2. The highest BCUT2D eigenvalue weighted by Gasteiger charge is 2.42. The van der Waals surface area contributed by atoms with E-state index in [0.29, 0.717) is 0 Å². The summed E-state index contributed by atoms with van der Waals surface area (Å²) in [5.74, 6) is 0. The lowest BCUT2D eigenvalue weighted by atomic mass is 9.70. The van der Waals surface area contributed by atoms with E-state index in [-0.39, 0.29) is 5.41 Å². The minimum Gasteiger partial charge on any atom is -0.310 e. The van der Waals surface area contributed by atoms with Crippen LogP contribution in [0.4, 0.5) is 34.1 Å².